The number of carbonyl (C=O) groups excluding carboxylic acids is 2. The van der Waals surface area contributed by atoms with Gasteiger partial charge in [0.05, 0.1) is 17.4 Å². The van der Waals surface area contributed by atoms with Crippen molar-refractivity contribution >= 4 is 27.8 Å². The summed E-state index contributed by atoms with van der Waals surface area (Å²) in [4.78, 5) is 24.8. The van der Waals surface area contributed by atoms with Gasteiger partial charge in [0.15, 0.2) is 0 Å². The van der Waals surface area contributed by atoms with Crippen molar-refractivity contribution in [2.75, 3.05) is 13.2 Å². The summed E-state index contributed by atoms with van der Waals surface area (Å²) >= 11 is 3.61. The van der Waals surface area contributed by atoms with Crippen LogP contribution in [0.15, 0.2) is 30.3 Å². The van der Waals surface area contributed by atoms with Gasteiger partial charge < -0.3 is 10.1 Å². The Kier molecular flexibility index (Phi) is 8.06. The average molecular weight is 426 g/mol. The van der Waals surface area contributed by atoms with Gasteiger partial charge in [0.1, 0.15) is 6.04 Å². The summed E-state index contributed by atoms with van der Waals surface area (Å²) in [6.07, 6.45) is 0.530. The summed E-state index contributed by atoms with van der Waals surface area (Å²) < 4.78 is 5.18. The lowest BCUT2D eigenvalue weighted by atomic mass is 9.98. The Bertz CT molecular complexity index is 597. The fourth-order valence-corrected chi connectivity index (χ4v) is 4.14. The first-order valence-electron chi connectivity index (χ1n) is 9.07. The first-order valence-corrected chi connectivity index (χ1v) is 9.99. The maximum atomic E-state index is 12.6. The molecule has 1 aromatic carbocycles. The number of hydrazine groups is 1. The molecule has 0 aromatic heterocycles. The number of hydrogen-bond donors (Lipinski definition) is 3. The van der Waals surface area contributed by atoms with Crippen molar-refractivity contribution in [2.24, 2.45) is 11.8 Å². The van der Waals surface area contributed by atoms with Crippen molar-refractivity contribution in [1.82, 2.24) is 16.2 Å². The summed E-state index contributed by atoms with van der Waals surface area (Å²) in [5.74, 6) is -0.449. The second kappa shape index (κ2) is 10.0. The Labute approximate surface area is 163 Å². The van der Waals surface area contributed by atoms with E-state index in [-0.39, 0.29) is 35.3 Å². The van der Waals surface area contributed by atoms with E-state index in [9.17, 15) is 9.59 Å². The third-order valence-electron chi connectivity index (χ3n) is 4.54. The van der Waals surface area contributed by atoms with Gasteiger partial charge in [-0.15, -0.1) is 0 Å². The SMILES string of the molecule is CCOC(=O)C(CNC(=O)C1NNC(C(C)C)C1Br)Cc1ccccc1. The topological polar surface area (TPSA) is 79.5 Å². The number of alkyl halides is 1. The second-order valence-corrected chi connectivity index (χ2v) is 7.92. The molecule has 1 aliphatic rings. The normalized spacial score (nSPS) is 23.7. The number of ether oxygens (including phenoxy) is 1. The van der Waals surface area contributed by atoms with E-state index in [0.717, 1.165) is 5.56 Å². The molecule has 1 aromatic rings. The smallest absolute Gasteiger partial charge is 0.311 e. The molecule has 6 nitrogen and oxygen atoms in total. The minimum absolute atomic E-state index is 0.0160. The van der Waals surface area contributed by atoms with Gasteiger partial charge in [-0.3, -0.25) is 15.0 Å². The predicted molar refractivity (Wildman–Crippen MR) is 105 cm³/mol. The fourth-order valence-electron chi connectivity index (χ4n) is 3.03. The zero-order chi connectivity index (χ0) is 19.1. The molecule has 26 heavy (non-hydrogen) atoms. The van der Waals surface area contributed by atoms with Crippen LogP contribution in [0.25, 0.3) is 0 Å². The molecule has 144 valence electrons. The van der Waals surface area contributed by atoms with E-state index in [1.807, 2.05) is 30.3 Å². The van der Waals surface area contributed by atoms with E-state index in [1.54, 1.807) is 6.92 Å². The number of nitrogens with one attached hydrogen (secondary N) is 3. The number of hydrogen-bond acceptors (Lipinski definition) is 5. The molecule has 0 aliphatic carbocycles. The van der Waals surface area contributed by atoms with Gasteiger partial charge in [-0.2, -0.15) is 0 Å². The quantitative estimate of drug-likeness (QED) is 0.437. The number of halogens is 1. The molecule has 1 saturated heterocycles. The Balaban J connectivity index is 1.95. The van der Waals surface area contributed by atoms with Crippen LogP contribution < -0.4 is 16.2 Å². The molecule has 0 saturated carbocycles. The standard InChI is InChI=1S/C19H28BrN3O3/c1-4-26-19(25)14(10-13-8-6-5-7-9-13)11-21-18(24)17-15(20)16(12(2)3)22-23-17/h5-9,12,14-17,22-23H,4,10-11H2,1-3H3,(H,21,24). The molecular formula is C19H28BrN3O3. The Hall–Kier alpha value is -1.44. The first-order chi connectivity index (χ1) is 12.4. The number of esters is 1. The van der Waals surface area contributed by atoms with Crippen LogP contribution in [-0.2, 0) is 20.7 Å². The summed E-state index contributed by atoms with van der Waals surface area (Å²) in [7, 11) is 0. The Morgan fingerprint density at radius 3 is 2.50 bits per heavy atom. The highest BCUT2D eigenvalue weighted by molar-refractivity contribution is 9.09. The van der Waals surface area contributed by atoms with Crippen LogP contribution in [0.1, 0.15) is 26.3 Å². The highest BCUT2D eigenvalue weighted by Crippen LogP contribution is 2.21. The van der Waals surface area contributed by atoms with Crippen molar-refractivity contribution in [3.63, 3.8) is 0 Å². The van der Waals surface area contributed by atoms with E-state index in [1.165, 1.54) is 0 Å². The van der Waals surface area contributed by atoms with Gasteiger partial charge in [-0.1, -0.05) is 60.1 Å². The van der Waals surface area contributed by atoms with Gasteiger partial charge in [0.2, 0.25) is 5.91 Å². The molecule has 4 unspecified atom stereocenters. The predicted octanol–water partition coefficient (Wildman–Crippen LogP) is 1.79. The van der Waals surface area contributed by atoms with Crippen LogP contribution in [0.3, 0.4) is 0 Å². The van der Waals surface area contributed by atoms with Gasteiger partial charge >= 0.3 is 5.97 Å². The minimum Gasteiger partial charge on any atom is -0.466 e. The zero-order valence-electron chi connectivity index (χ0n) is 15.5. The number of amides is 1. The molecule has 1 aliphatic heterocycles. The highest BCUT2D eigenvalue weighted by atomic mass is 79.9. The number of benzene rings is 1. The lowest BCUT2D eigenvalue weighted by Gasteiger charge is -2.21. The van der Waals surface area contributed by atoms with Gasteiger partial charge in [0, 0.05) is 12.6 Å². The fraction of sp³-hybridized carbons (Fsp3) is 0.579. The lowest BCUT2D eigenvalue weighted by molar-refractivity contribution is -0.147. The third-order valence-corrected chi connectivity index (χ3v) is 5.63. The van der Waals surface area contributed by atoms with Crippen LogP contribution in [0.5, 0.6) is 0 Å². The largest absolute Gasteiger partial charge is 0.466 e. The highest BCUT2D eigenvalue weighted by Gasteiger charge is 2.39. The molecule has 1 fully saturated rings. The van der Waals surface area contributed by atoms with Crippen LogP contribution in [0.4, 0.5) is 0 Å². The van der Waals surface area contributed by atoms with Crippen LogP contribution in [0.2, 0.25) is 0 Å². The average Bonchev–Trinajstić information content (AvgIpc) is 3.01. The van der Waals surface area contributed by atoms with Gasteiger partial charge in [-0.05, 0) is 24.8 Å². The molecule has 1 amide bonds. The van der Waals surface area contributed by atoms with Crippen molar-refractivity contribution in [1.29, 1.82) is 0 Å². The second-order valence-electron chi connectivity index (χ2n) is 6.86. The zero-order valence-corrected chi connectivity index (χ0v) is 17.1. The van der Waals surface area contributed by atoms with E-state index in [0.29, 0.717) is 18.9 Å². The number of carbonyl (C=O) groups is 2. The van der Waals surface area contributed by atoms with Crippen LogP contribution >= 0.6 is 15.9 Å². The molecule has 7 heteroatoms. The third kappa shape index (κ3) is 5.53. The van der Waals surface area contributed by atoms with Crippen LogP contribution in [-0.4, -0.2) is 41.9 Å². The van der Waals surface area contributed by atoms with Crippen molar-refractivity contribution in [3.8, 4) is 0 Å². The van der Waals surface area contributed by atoms with E-state index in [2.05, 4.69) is 45.9 Å². The summed E-state index contributed by atoms with van der Waals surface area (Å²) in [6, 6.07) is 9.52. The molecule has 1 heterocycles. The van der Waals surface area contributed by atoms with Crippen molar-refractivity contribution in [3.05, 3.63) is 35.9 Å². The molecule has 0 radical (unpaired) electrons. The maximum absolute atomic E-state index is 12.6. The molecule has 3 N–H and O–H groups in total. The monoisotopic (exact) mass is 425 g/mol. The molecule has 0 bridgehead atoms. The van der Waals surface area contributed by atoms with Crippen LogP contribution in [0, 0.1) is 11.8 Å². The molecular weight excluding hydrogens is 398 g/mol. The maximum Gasteiger partial charge on any atom is 0.311 e. The minimum atomic E-state index is -0.412. The van der Waals surface area contributed by atoms with E-state index < -0.39 is 5.92 Å². The molecule has 0 spiro atoms. The number of rotatable bonds is 8. The summed E-state index contributed by atoms with van der Waals surface area (Å²) in [5.41, 5.74) is 7.24. The van der Waals surface area contributed by atoms with E-state index in [4.69, 9.17) is 4.74 Å². The Morgan fingerprint density at radius 2 is 1.92 bits per heavy atom. The van der Waals surface area contributed by atoms with Crippen molar-refractivity contribution in [2.45, 2.75) is 44.1 Å². The lowest BCUT2D eigenvalue weighted by Crippen LogP contribution is -2.48. The van der Waals surface area contributed by atoms with Gasteiger partial charge in [-0.25, -0.2) is 5.43 Å². The first kappa shape index (κ1) is 20.9. The molecule has 2 rings (SSSR count). The summed E-state index contributed by atoms with van der Waals surface area (Å²) in [5, 5.41) is 2.90. The summed E-state index contributed by atoms with van der Waals surface area (Å²) in [6.45, 7) is 6.56. The van der Waals surface area contributed by atoms with E-state index >= 15 is 0 Å². The molecule has 4 atom stereocenters. The Morgan fingerprint density at radius 1 is 1.23 bits per heavy atom. The van der Waals surface area contributed by atoms with Crippen molar-refractivity contribution < 1.29 is 14.3 Å². The van der Waals surface area contributed by atoms with Gasteiger partial charge in [0.25, 0.3) is 0 Å².